The molecule has 0 aliphatic heterocycles. The Morgan fingerprint density at radius 3 is 2.11 bits per heavy atom. The van der Waals surface area contributed by atoms with E-state index in [0.717, 1.165) is 11.8 Å². The van der Waals surface area contributed by atoms with Crippen LogP contribution in [0.25, 0.3) is 0 Å². The van der Waals surface area contributed by atoms with E-state index in [1.165, 1.54) is 63.4 Å². The average Bonchev–Trinajstić information content (AvgIpc) is 2.46. The molecule has 0 bridgehead atoms. The second-order valence-electron chi connectivity index (χ2n) is 6.23. The van der Waals surface area contributed by atoms with Crippen molar-refractivity contribution in [2.45, 2.75) is 64.7 Å². The van der Waals surface area contributed by atoms with Gasteiger partial charge in [0.05, 0.1) is 0 Å². The second-order valence-corrected chi connectivity index (χ2v) is 6.23. The van der Waals surface area contributed by atoms with Crippen molar-refractivity contribution in [3.63, 3.8) is 0 Å². The minimum absolute atomic E-state index is 0.375. The summed E-state index contributed by atoms with van der Waals surface area (Å²) in [6.07, 6.45) is 12.5. The van der Waals surface area contributed by atoms with Gasteiger partial charge in [0.2, 0.25) is 0 Å². The summed E-state index contributed by atoms with van der Waals surface area (Å²) in [5.41, 5.74) is 1.37. The lowest BCUT2D eigenvalue weighted by molar-refractivity contribution is 0.250. The molecule has 0 saturated heterocycles. The molecule has 0 amide bonds. The number of phenols is 1. The Balaban J connectivity index is 1.67. The first-order valence-electron chi connectivity index (χ1n) is 8.06. The van der Waals surface area contributed by atoms with Crippen molar-refractivity contribution in [2.75, 3.05) is 0 Å². The van der Waals surface area contributed by atoms with Crippen LogP contribution in [0.4, 0.5) is 0 Å². The molecule has 0 unspecified atom stereocenters. The number of aryl methyl sites for hydroxylation is 1. The van der Waals surface area contributed by atoms with Crippen LogP contribution in [-0.2, 0) is 6.42 Å². The highest BCUT2D eigenvalue weighted by Gasteiger charge is 2.20. The molecule has 1 aliphatic rings. The Labute approximate surface area is 118 Å². The van der Waals surface area contributed by atoms with Gasteiger partial charge in [-0.3, -0.25) is 0 Å². The summed E-state index contributed by atoms with van der Waals surface area (Å²) in [5.74, 6) is 2.33. The maximum Gasteiger partial charge on any atom is 0.115 e. The van der Waals surface area contributed by atoms with Gasteiger partial charge in [-0.15, -0.1) is 0 Å². The van der Waals surface area contributed by atoms with Gasteiger partial charge < -0.3 is 5.11 Å². The van der Waals surface area contributed by atoms with Crippen LogP contribution in [-0.4, -0.2) is 5.11 Å². The normalized spacial score (nSPS) is 23.4. The van der Waals surface area contributed by atoms with Gasteiger partial charge >= 0.3 is 0 Å². The average molecular weight is 260 g/mol. The van der Waals surface area contributed by atoms with E-state index in [-0.39, 0.29) is 0 Å². The fraction of sp³-hybridized carbons (Fsp3) is 0.667. The molecule has 1 aromatic carbocycles. The van der Waals surface area contributed by atoms with E-state index >= 15 is 0 Å². The molecule has 1 nitrogen and oxygen atoms in total. The van der Waals surface area contributed by atoms with Crippen LogP contribution in [0, 0.1) is 11.8 Å². The highest BCUT2D eigenvalue weighted by Crippen LogP contribution is 2.34. The van der Waals surface area contributed by atoms with Crippen LogP contribution >= 0.6 is 0 Å². The molecule has 19 heavy (non-hydrogen) atoms. The zero-order valence-electron chi connectivity index (χ0n) is 12.3. The minimum Gasteiger partial charge on any atom is -0.508 e. The number of hydrogen-bond acceptors (Lipinski definition) is 1. The Hall–Kier alpha value is -0.980. The molecular formula is C18H28O. The molecule has 0 aromatic heterocycles. The maximum absolute atomic E-state index is 9.27. The fourth-order valence-electron chi connectivity index (χ4n) is 3.34. The molecule has 0 radical (unpaired) electrons. The van der Waals surface area contributed by atoms with Gasteiger partial charge in [-0.1, -0.05) is 64.0 Å². The first kappa shape index (κ1) is 14.4. The van der Waals surface area contributed by atoms with Crippen LogP contribution in [0.3, 0.4) is 0 Å². The van der Waals surface area contributed by atoms with E-state index in [9.17, 15) is 5.11 Å². The number of phenolic OH excluding ortho intramolecular Hbond substituents is 1. The number of rotatable bonds is 6. The van der Waals surface area contributed by atoms with E-state index in [1.54, 1.807) is 12.1 Å². The van der Waals surface area contributed by atoms with Gasteiger partial charge in [0, 0.05) is 0 Å². The molecule has 1 aromatic rings. The second kappa shape index (κ2) is 7.57. The van der Waals surface area contributed by atoms with Crippen LogP contribution in [0.15, 0.2) is 24.3 Å². The Kier molecular flexibility index (Phi) is 5.75. The summed E-state index contributed by atoms with van der Waals surface area (Å²) in [6, 6.07) is 7.72. The lowest BCUT2D eigenvalue weighted by atomic mass is 9.78. The molecular weight excluding hydrogens is 232 g/mol. The largest absolute Gasteiger partial charge is 0.508 e. The number of hydrogen-bond donors (Lipinski definition) is 1. The van der Waals surface area contributed by atoms with Gasteiger partial charge in [-0.05, 0) is 42.4 Å². The summed E-state index contributed by atoms with van der Waals surface area (Å²) in [5, 5.41) is 9.27. The van der Waals surface area contributed by atoms with Crippen molar-refractivity contribution in [1.29, 1.82) is 0 Å². The summed E-state index contributed by atoms with van der Waals surface area (Å²) < 4.78 is 0. The van der Waals surface area contributed by atoms with E-state index in [1.807, 2.05) is 0 Å². The zero-order valence-corrected chi connectivity index (χ0v) is 12.3. The van der Waals surface area contributed by atoms with Crippen LogP contribution in [0.5, 0.6) is 5.75 Å². The summed E-state index contributed by atoms with van der Waals surface area (Å²) in [6.45, 7) is 2.29. The Morgan fingerprint density at radius 1 is 0.947 bits per heavy atom. The van der Waals surface area contributed by atoms with Crippen molar-refractivity contribution in [2.24, 2.45) is 11.8 Å². The summed E-state index contributed by atoms with van der Waals surface area (Å²) >= 11 is 0. The fourth-order valence-corrected chi connectivity index (χ4v) is 3.34. The molecule has 1 fully saturated rings. The predicted octanol–water partition coefficient (Wildman–Crippen LogP) is 5.32. The quantitative estimate of drug-likeness (QED) is 0.733. The molecule has 0 spiro atoms. The third kappa shape index (κ3) is 4.89. The lowest BCUT2D eigenvalue weighted by Gasteiger charge is -2.28. The molecule has 0 heterocycles. The smallest absolute Gasteiger partial charge is 0.115 e. The standard InChI is InChI=1S/C18H28O/c1-2-3-4-15-5-7-16(8-6-15)9-10-17-11-13-18(19)14-12-17/h11-16,19H,2-10H2,1H3. The predicted molar refractivity (Wildman–Crippen MR) is 81.4 cm³/mol. The van der Waals surface area contributed by atoms with Crippen LogP contribution in [0.2, 0.25) is 0 Å². The minimum atomic E-state index is 0.375. The molecule has 1 saturated carbocycles. The maximum atomic E-state index is 9.27. The van der Waals surface area contributed by atoms with Crippen molar-refractivity contribution in [3.8, 4) is 5.75 Å². The summed E-state index contributed by atoms with van der Waals surface area (Å²) in [4.78, 5) is 0. The highest BCUT2D eigenvalue weighted by atomic mass is 16.3. The van der Waals surface area contributed by atoms with Gasteiger partial charge in [0.1, 0.15) is 5.75 Å². The van der Waals surface area contributed by atoms with Gasteiger partial charge in [-0.2, -0.15) is 0 Å². The topological polar surface area (TPSA) is 20.2 Å². The molecule has 0 atom stereocenters. The Morgan fingerprint density at radius 2 is 1.53 bits per heavy atom. The van der Waals surface area contributed by atoms with Crippen LogP contribution in [0.1, 0.15) is 63.9 Å². The third-order valence-electron chi connectivity index (χ3n) is 4.71. The van der Waals surface area contributed by atoms with Crippen molar-refractivity contribution in [1.82, 2.24) is 0 Å². The molecule has 1 aliphatic carbocycles. The van der Waals surface area contributed by atoms with Crippen molar-refractivity contribution in [3.05, 3.63) is 29.8 Å². The Bertz CT molecular complexity index is 346. The van der Waals surface area contributed by atoms with Crippen molar-refractivity contribution >= 4 is 0 Å². The van der Waals surface area contributed by atoms with E-state index < -0.39 is 0 Å². The van der Waals surface area contributed by atoms with Crippen molar-refractivity contribution < 1.29 is 5.11 Å². The molecule has 106 valence electrons. The highest BCUT2D eigenvalue weighted by molar-refractivity contribution is 5.25. The third-order valence-corrected chi connectivity index (χ3v) is 4.71. The van der Waals surface area contributed by atoms with Gasteiger partial charge in [-0.25, -0.2) is 0 Å². The van der Waals surface area contributed by atoms with Gasteiger partial charge in [0.15, 0.2) is 0 Å². The summed E-state index contributed by atoms with van der Waals surface area (Å²) in [7, 11) is 0. The number of unbranched alkanes of at least 4 members (excludes halogenated alkanes) is 1. The van der Waals surface area contributed by atoms with E-state index in [0.29, 0.717) is 5.75 Å². The molecule has 1 N–H and O–H groups in total. The van der Waals surface area contributed by atoms with Crippen LogP contribution < -0.4 is 0 Å². The number of aromatic hydroxyl groups is 1. The van der Waals surface area contributed by atoms with E-state index in [2.05, 4.69) is 19.1 Å². The zero-order chi connectivity index (χ0) is 13.5. The first-order valence-corrected chi connectivity index (χ1v) is 8.06. The first-order chi connectivity index (χ1) is 9.28. The molecule has 2 rings (SSSR count). The molecule has 1 heteroatoms. The SMILES string of the molecule is CCCCC1CCC(CCc2ccc(O)cc2)CC1. The lowest BCUT2D eigenvalue weighted by Crippen LogP contribution is -2.15. The monoisotopic (exact) mass is 260 g/mol. The van der Waals surface area contributed by atoms with E-state index in [4.69, 9.17) is 0 Å². The van der Waals surface area contributed by atoms with Gasteiger partial charge in [0.25, 0.3) is 0 Å². The number of benzene rings is 1.